The fourth-order valence-corrected chi connectivity index (χ4v) is 2.71. The Bertz CT molecular complexity index is 347. The fourth-order valence-electron chi connectivity index (χ4n) is 1.49. The number of rotatable bonds is 1. The van der Waals surface area contributed by atoms with Crippen molar-refractivity contribution in [3.8, 4) is 0 Å². The van der Waals surface area contributed by atoms with Gasteiger partial charge in [0.05, 0.1) is 5.75 Å². The Morgan fingerprint density at radius 3 is 2.57 bits per heavy atom. The molecule has 14 heavy (non-hydrogen) atoms. The molecule has 0 aromatic heterocycles. The quantitative estimate of drug-likeness (QED) is 0.692. The van der Waals surface area contributed by atoms with Crippen molar-refractivity contribution in [2.24, 2.45) is 0 Å². The first-order chi connectivity index (χ1) is 6.68. The molecular formula is C10H13N3S. The number of nitrogens with zero attached hydrogens (tertiary/aromatic N) is 1. The summed E-state index contributed by atoms with van der Waals surface area (Å²) in [4.78, 5) is 2.00. The highest BCUT2D eigenvalue weighted by molar-refractivity contribution is 8.00. The second-order valence-electron chi connectivity index (χ2n) is 3.39. The van der Waals surface area contributed by atoms with Gasteiger partial charge in [-0.2, -0.15) is 0 Å². The number of amidine groups is 1. The van der Waals surface area contributed by atoms with E-state index in [2.05, 4.69) is 0 Å². The lowest BCUT2D eigenvalue weighted by molar-refractivity contribution is 0.495. The van der Waals surface area contributed by atoms with Gasteiger partial charge in [-0.25, -0.2) is 0 Å². The molecule has 0 bridgehead atoms. The summed E-state index contributed by atoms with van der Waals surface area (Å²) in [6.07, 6.45) is 0. The number of hydrogen-bond donors (Lipinski definition) is 2. The largest absolute Gasteiger partial charge is 0.399 e. The van der Waals surface area contributed by atoms with Crippen LogP contribution < -0.4 is 5.73 Å². The minimum atomic E-state index is 0.281. The normalized spacial score (nSPS) is 21.6. The number of hydrogen-bond acceptors (Lipinski definition) is 3. The Balaban J connectivity index is 2.23. The summed E-state index contributed by atoms with van der Waals surface area (Å²) in [5.74, 6) is 1.49. The van der Waals surface area contributed by atoms with Crippen LogP contribution in [0.3, 0.4) is 0 Å². The molecule has 1 aliphatic heterocycles. The molecule has 0 amide bonds. The lowest BCUT2D eigenvalue weighted by Crippen LogP contribution is -2.22. The van der Waals surface area contributed by atoms with Gasteiger partial charge in [-0.05, 0) is 17.7 Å². The number of anilines is 1. The molecule has 1 saturated heterocycles. The van der Waals surface area contributed by atoms with E-state index in [0.717, 1.165) is 11.4 Å². The highest BCUT2D eigenvalue weighted by Crippen LogP contribution is 2.37. The second-order valence-corrected chi connectivity index (χ2v) is 4.46. The molecule has 0 aliphatic carbocycles. The molecule has 0 radical (unpaired) electrons. The van der Waals surface area contributed by atoms with Crippen LogP contribution in [0.25, 0.3) is 0 Å². The molecule has 1 aromatic rings. The van der Waals surface area contributed by atoms with Gasteiger partial charge in [0.2, 0.25) is 0 Å². The minimum absolute atomic E-state index is 0.281. The zero-order chi connectivity index (χ0) is 10.1. The first-order valence-corrected chi connectivity index (χ1v) is 5.50. The second kappa shape index (κ2) is 3.53. The third-order valence-electron chi connectivity index (χ3n) is 2.38. The molecular weight excluding hydrogens is 194 g/mol. The number of benzene rings is 1. The Labute approximate surface area is 87.8 Å². The molecule has 0 spiro atoms. The minimum Gasteiger partial charge on any atom is -0.399 e. The molecule has 1 fully saturated rings. The van der Waals surface area contributed by atoms with E-state index in [1.807, 2.05) is 36.2 Å². The van der Waals surface area contributed by atoms with Crippen LogP contribution in [0.1, 0.15) is 10.9 Å². The van der Waals surface area contributed by atoms with E-state index in [0.29, 0.717) is 5.84 Å². The maximum atomic E-state index is 7.66. The van der Waals surface area contributed by atoms with Crippen molar-refractivity contribution in [3.05, 3.63) is 29.8 Å². The number of nitrogens with one attached hydrogen (secondary N) is 1. The zero-order valence-corrected chi connectivity index (χ0v) is 8.84. The van der Waals surface area contributed by atoms with Gasteiger partial charge in [0.1, 0.15) is 11.2 Å². The molecule has 0 saturated carbocycles. The number of thioether (sulfide) groups is 1. The summed E-state index contributed by atoms with van der Waals surface area (Å²) >= 11 is 1.78. The van der Waals surface area contributed by atoms with E-state index in [1.54, 1.807) is 11.8 Å². The van der Waals surface area contributed by atoms with Crippen molar-refractivity contribution in [1.29, 1.82) is 5.41 Å². The third kappa shape index (κ3) is 1.57. The van der Waals surface area contributed by atoms with Crippen LogP contribution in [0.15, 0.2) is 24.3 Å². The van der Waals surface area contributed by atoms with Gasteiger partial charge >= 0.3 is 0 Å². The average molecular weight is 207 g/mol. The highest BCUT2D eigenvalue weighted by Gasteiger charge is 2.26. The zero-order valence-electron chi connectivity index (χ0n) is 8.03. The Kier molecular flexibility index (Phi) is 2.37. The molecule has 1 unspecified atom stereocenters. The molecule has 2 rings (SSSR count). The van der Waals surface area contributed by atoms with Crippen LogP contribution in [0.2, 0.25) is 0 Å². The standard InChI is InChI=1S/C10H13N3S/c1-13-9(12)6-14-10(13)7-2-4-8(11)5-3-7/h2-5,10,12H,6,11H2,1H3. The monoisotopic (exact) mass is 207 g/mol. The maximum absolute atomic E-state index is 7.66. The van der Waals surface area contributed by atoms with Crippen LogP contribution in [0, 0.1) is 5.41 Å². The van der Waals surface area contributed by atoms with Crippen molar-refractivity contribution in [3.63, 3.8) is 0 Å². The van der Waals surface area contributed by atoms with Crippen LogP contribution in [0.5, 0.6) is 0 Å². The lowest BCUT2D eigenvalue weighted by atomic mass is 10.2. The summed E-state index contributed by atoms with van der Waals surface area (Å²) < 4.78 is 0. The van der Waals surface area contributed by atoms with Gasteiger partial charge in [-0.1, -0.05) is 12.1 Å². The Morgan fingerprint density at radius 1 is 1.43 bits per heavy atom. The Morgan fingerprint density at radius 2 is 2.07 bits per heavy atom. The van der Waals surface area contributed by atoms with Crippen LogP contribution >= 0.6 is 11.8 Å². The maximum Gasteiger partial charge on any atom is 0.107 e. The average Bonchev–Trinajstić information content (AvgIpc) is 2.50. The summed E-state index contributed by atoms with van der Waals surface area (Å²) in [7, 11) is 1.96. The van der Waals surface area contributed by atoms with Gasteiger partial charge in [-0.15, -0.1) is 11.8 Å². The number of nitrogen functional groups attached to an aromatic ring is 1. The van der Waals surface area contributed by atoms with E-state index in [4.69, 9.17) is 11.1 Å². The highest BCUT2D eigenvalue weighted by atomic mass is 32.2. The van der Waals surface area contributed by atoms with Crippen LogP contribution in [-0.2, 0) is 0 Å². The molecule has 4 heteroatoms. The predicted molar refractivity (Wildman–Crippen MR) is 61.5 cm³/mol. The smallest absolute Gasteiger partial charge is 0.107 e. The first kappa shape index (κ1) is 9.40. The van der Waals surface area contributed by atoms with Crippen LogP contribution in [0.4, 0.5) is 5.69 Å². The van der Waals surface area contributed by atoms with Crippen molar-refractivity contribution < 1.29 is 0 Å². The lowest BCUT2D eigenvalue weighted by Gasteiger charge is -2.20. The summed E-state index contributed by atoms with van der Waals surface area (Å²) in [5, 5.41) is 7.94. The predicted octanol–water partition coefficient (Wildman–Crippen LogP) is 1.92. The van der Waals surface area contributed by atoms with E-state index < -0.39 is 0 Å². The van der Waals surface area contributed by atoms with Crippen molar-refractivity contribution in [2.45, 2.75) is 5.37 Å². The summed E-state index contributed by atoms with van der Waals surface area (Å²) in [6.45, 7) is 0. The van der Waals surface area contributed by atoms with Gasteiger partial charge in [0, 0.05) is 12.7 Å². The molecule has 1 aromatic carbocycles. The van der Waals surface area contributed by atoms with E-state index in [9.17, 15) is 0 Å². The van der Waals surface area contributed by atoms with E-state index in [1.165, 1.54) is 5.56 Å². The molecule has 1 heterocycles. The van der Waals surface area contributed by atoms with Crippen molar-refractivity contribution in [1.82, 2.24) is 4.90 Å². The van der Waals surface area contributed by atoms with Gasteiger partial charge < -0.3 is 10.6 Å². The summed E-state index contributed by atoms with van der Waals surface area (Å²) in [5.41, 5.74) is 7.63. The number of nitrogens with two attached hydrogens (primary N) is 1. The fraction of sp³-hybridized carbons (Fsp3) is 0.300. The van der Waals surface area contributed by atoms with Gasteiger partial charge in [-0.3, -0.25) is 5.41 Å². The SMILES string of the molecule is CN1C(=N)CSC1c1ccc(N)cc1. The van der Waals surface area contributed by atoms with Gasteiger partial charge in [0.25, 0.3) is 0 Å². The Hall–Kier alpha value is -1.16. The molecule has 74 valence electrons. The van der Waals surface area contributed by atoms with Gasteiger partial charge in [0.15, 0.2) is 0 Å². The molecule has 1 aliphatic rings. The van der Waals surface area contributed by atoms with Crippen molar-refractivity contribution in [2.75, 3.05) is 18.5 Å². The third-order valence-corrected chi connectivity index (χ3v) is 3.72. The summed E-state index contributed by atoms with van der Waals surface area (Å²) in [6, 6.07) is 7.88. The molecule has 3 N–H and O–H groups in total. The van der Waals surface area contributed by atoms with Crippen LogP contribution in [-0.4, -0.2) is 23.5 Å². The van der Waals surface area contributed by atoms with E-state index in [-0.39, 0.29) is 5.37 Å². The molecule has 3 nitrogen and oxygen atoms in total. The molecule has 1 atom stereocenters. The van der Waals surface area contributed by atoms with E-state index >= 15 is 0 Å². The van der Waals surface area contributed by atoms with Crippen molar-refractivity contribution >= 4 is 23.3 Å². The topological polar surface area (TPSA) is 53.1 Å². The first-order valence-electron chi connectivity index (χ1n) is 4.46.